The van der Waals surface area contributed by atoms with Gasteiger partial charge in [-0.05, 0) is 49.6 Å². The number of carbonyl (C=O) groups is 1. The van der Waals surface area contributed by atoms with Gasteiger partial charge in [0.15, 0.2) is 0 Å². The molecule has 0 spiro atoms. The number of benzene rings is 2. The molecule has 5 nitrogen and oxygen atoms in total. The van der Waals surface area contributed by atoms with Gasteiger partial charge in [-0.25, -0.2) is 8.42 Å². The predicted molar refractivity (Wildman–Crippen MR) is 125 cm³/mol. The van der Waals surface area contributed by atoms with Crippen molar-refractivity contribution in [2.24, 2.45) is 0 Å². The fourth-order valence-corrected chi connectivity index (χ4v) is 7.04. The molecule has 1 aromatic heterocycles. The van der Waals surface area contributed by atoms with Crippen LogP contribution < -0.4 is 5.32 Å². The molecule has 0 aliphatic carbocycles. The number of nitrogens with zero attached hydrogens (tertiary/aromatic N) is 1. The summed E-state index contributed by atoms with van der Waals surface area (Å²) in [5, 5.41) is 3.04. The molecule has 0 radical (unpaired) electrons. The van der Waals surface area contributed by atoms with Gasteiger partial charge in [0, 0.05) is 18.8 Å². The maximum Gasteiger partial charge on any atom is 0.252 e. The van der Waals surface area contributed by atoms with E-state index < -0.39 is 15.4 Å². The smallest absolute Gasteiger partial charge is 0.252 e. The molecule has 4 rings (SSSR count). The summed E-state index contributed by atoms with van der Waals surface area (Å²) < 4.78 is 28.2. The lowest BCUT2D eigenvalue weighted by Gasteiger charge is -2.40. The molecule has 31 heavy (non-hydrogen) atoms. The van der Waals surface area contributed by atoms with E-state index in [1.807, 2.05) is 61.5 Å². The lowest BCUT2D eigenvalue weighted by molar-refractivity contribution is -0.123. The number of amides is 1. The highest BCUT2D eigenvalue weighted by Gasteiger charge is 2.45. The molecule has 1 aliphatic rings. The number of aryl methyl sites for hydroxylation is 1. The molecule has 0 atom stereocenters. The van der Waals surface area contributed by atoms with Gasteiger partial charge in [0.25, 0.3) is 10.0 Å². The molecule has 1 amide bonds. The van der Waals surface area contributed by atoms with Gasteiger partial charge in [0.05, 0.1) is 9.75 Å². The Labute approximate surface area is 191 Å². The van der Waals surface area contributed by atoms with Crippen molar-refractivity contribution >= 4 is 44.6 Å². The van der Waals surface area contributed by atoms with Gasteiger partial charge in [0.2, 0.25) is 5.91 Å². The van der Waals surface area contributed by atoms with E-state index in [0.29, 0.717) is 17.2 Å². The molecule has 1 aliphatic heterocycles. The third kappa shape index (κ3) is 4.41. The molecule has 1 fully saturated rings. The maximum absolute atomic E-state index is 13.5. The first-order valence-corrected chi connectivity index (χ1v) is 12.6. The number of carbonyl (C=O) groups excluding carboxylic acids is 1. The second-order valence-electron chi connectivity index (χ2n) is 7.73. The lowest BCUT2D eigenvalue weighted by Crippen LogP contribution is -2.50. The minimum Gasteiger partial charge on any atom is -0.325 e. The van der Waals surface area contributed by atoms with Crippen molar-refractivity contribution in [3.05, 3.63) is 82.2 Å². The van der Waals surface area contributed by atoms with E-state index in [1.165, 1.54) is 10.4 Å². The van der Waals surface area contributed by atoms with E-state index in [9.17, 15) is 13.2 Å². The summed E-state index contributed by atoms with van der Waals surface area (Å²) in [5.74, 6) is -0.112. The van der Waals surface area contributed by atoms with E-state index in [1.54, 1.807) is 6.07 Å². The minimum absolute atomic E-state index is 0.112. The van der Waals surface area contributed by atoms with Crippen LogP contribution in [0.1, 0.15) is 24.0 Å². The Morgan fingerprint density at radius 3 is 2.23 bits per heavy atom. The fourth-order valence-electron chi connectivity index (χ4n) is 3.96. The number of hydrogen-bond donors (Lipinski definition) is 1. The molecule has 1 N–H and O–H groups in total. The van der Waals surface area contributed by atoms with Crippen LogP contribution in [0.4, 0.5) is 5.69 Å². The Hall–Kier alpha value is -2.19. The summed E-state index contributed by atoms with van der Waals surface area (Å²) in [6.07, 6.45) is 0.792. The van der Waals surface area contributed by atoms with Gasteiger partial charge in [-0.3, -0.25) is 4.79 Å². The Bertz CT molecular complexity index is 1170. The van der Waals surface area contributed by atoms with Gasteiger partial charge in [0.1, 0.15) is 4.21 Å². The van der Waals surface area contributed by atoms with Crippen LogP contribution in [0.25, 0.3) is 0 Å². The minimum atomic E-state index is -3.63. The molecule has 1 saturated heterocycles. The van der Waals surface area contributed by atoms with Crippen molar-refractivity contribution in [3.63, 3.8) is 0 Å². The summed E-state index contributed by atoms with van der Waals surface area (Å²) in [4.78, 5) is 13.5. The van der Waals surface area contributed by atoms with Crippen molar-refractivity contribution < 1.29 is 13.2 Å². The van der Waals surface area contributed by atoms with E-state index in [4.69, 9.17) is 11.6 Å². The zero-order valence-corrected chi connectivity index (χ0v) is 19.4. The van der Waals surface area contributed by atoms with Crippen molar-refractivity contribution in [1.29, 1.82) is 0 Å². The Morgan fingerprint density at radius 1 is 1.00 bits per heavy atom. The number of piperidine rings is 1. The number of sulfonamides is 1. The van der Waals surface area contributed by atoms with E-state index >= 15 is 0 Å². The van der Waals surface area contributed by atoms with Crippen molar-refractivity contribution in [3.8, 4) is 0 Å². The molecule has 0 bridgehead atoms. The van der Waals surface area contributed by atoms with E-state index in [0.717, 1.165) is 28.2 Å². The van der Waals surface area contributed by atoms with Gasteiger partial charge >= 0.3 is 0 Å². The van der Waals surface area contributed by atoms with Crippen molar-refractivity contribution in [1.82, 2.24) is 4.31 Å². The second kappa shape index (κ2) is 8.74. The SMILES string of the molecule is Cc1ccc(NC(=O)C2(c3ccccc3)CCN(S(=O)(=O)c3ccc(Cl)s3)CC2)cc1. The first kappa shape index (κ1) is 22.0. The van der Waals surface area contributed by atoms with Crippen LogP contribution in [-0.4, -0.2) is 31.7 Å². The number of rotatable bonds is 5. The third-order valence-corrected chi connectivity index (χ3v) is 9.39. The molecule has 2 heterocycles. The summed E-state index contributed by atoms with van der Waals surface area (Å²) in [6.45, 7) is 2.51. The summed E-state index contributed by atoms with van der Waals surface area (Å²) in [7, 11) is -3.63. The first-order valence-electron chi connectivity index (χ1n) is 10.0. The van der Waals surface area contributed by atoms with Gasteiger partial charge in [-0.15, -0.1) is 11.3 Å². The highest BCUT2D eigenvalue weighted by Crippen LogP contribution is 2.39. The average molecular weight is 475 g/mol. The second-order valence-corrected chi connectivity index (χ2v) is 11.6. The number of halogens is 1. The highest BCUT2D eigenvalue weighted by atomic mass is 35.5. The summed E-state index contributed by atoms with van der Waals surface area (Å²) in [5.41, 5.74) is 1.94. The molecule has 0 saturated carbocycles. The molecule has 2 aromatic carbocycles. The summed E-state index contributed by atoms with van der Waals surface area (Å²) in [6, 6.07) is 20.4. The van der Waals surface area contributed by atoms with Crippen LogP contribution in [0.5, 0.6) is 0 Å². The standard InChI is InChI=1S/C23H23ClN2O3S2/c1-17-7-9-19(10-8-17)25-22(27)23(18-5-3-2-4-6-18)13-15-26(16-14-23)31(28,29)21-12-11-20(24)30-21/h2-12H,13-16H2,1H3,(H,25,27). The Kier molecular flexibility index (Phi) is 6.21. The molecule has 162 valence electrons. The van der Waals surface area contributed by atoms with Crippen LogP contribution in [0.3, 0.4) is 0 Å². The molecule has 3 aromatic rings. The zero-order valence-electron chi connectivity index (χ0n) is 17.0. The van der Waals surface area contributed by atoms with Gasteiger partial charge in [-0.2, -0.15) is 4.31 Å². The Morgan fingerprint density at radius 2 is 1.65 bits per heavy atom. The third-order valence-electron chi connectivity index (χ3n) is 5.79. The van der Waals surface area contributed by atoms with Gasteiger partial charge in [-0.1, -0.05) is 59.6 Å². The van der Waals surface area contributed by atoms with Gasteiger partial charge < -0.3 is 5.32 Å². The van der Waals surface area contributed by atoms with Crippen LogP contribution in [0.2, 0.25) is 4.34 Å². The number of anilines is 1. The number of thiophene rings is 1. The predicted octanol–water partition coefficient (Wildman–Crippen LogP) is 5.07. The number of nitrogens with one attached hydrogen (secondary N) is 1. The molecular formula is C23H23ClN2O3S2. The van der Waals surface area contributed by atoms with Crippen LogP contribution in [0, 0.1) is 6.92 Å². The van der Waals surface area contributed by atoms with Crippen LogP contribution >= 0.6 is 22.9 Å². The maximum atomic E-state index is 13.5. The molecule has 0 unspecified atom stereocenters. The van der Waals surface area contributed by atoms with Crippen molar-refractivity contribution in [2.45, 2.75) is 29.4 Å². The van der Waals surface area contributed by atoms with Crippen LogP contribution in [-0.2, 0) is 20.2 Å². The quantitative estimate of drug-likeness (QED) is 0.561. The van der Waals surface area contributed by atoms with E-state index in [2.05, 4.69) is 5.32 Å². The topological polar surface area (TPSA) is 66.5 Å². The number of hydrogen-bond acceptors (Lipinski definition) is 4. The normalized spacial score (nSPS) is 16.7. The highest BCUT2D eigenvalue weighted by molar-refractivity contribution is 7.91. The Balaban J connectivity index is 1.60. The zero-order chi connectivity index (χ0) is 22.1. The van der Waals surface area contributed by atoms with Crippen LogP contribution in [0.15, 0.2) is 70.9 Å². The summed E-state index contributed by atoms with van der Waals surface area (Å²) >= 11 is 6.99. The monoisotopic (exact) mass is 474 g/mol. The van der Waals surface area contributed by atoms with Crippen molar-refractivity contribution in [2.75, 3.05) is 18.4 Å². The average Bonchev–Trinajstić information content (AvgIpc) is 3.23. The molecule has 8 heteroatoms. The van der Waals surface area contributed by atoms with E-state index in [-0.39, 0.29) is 23.2 Å². The largest absolute Gasteiger partial charge is 0.325 e. The molecular weight excluding hydrogens is 452 g/mol. The fraction of sp³-hybridized carbons (Fsp3) is 0.261. The lowest BCUT2D eigenvalue weighted by atomic mass is 9.72. The first-order chi connectivity index (χ1) is 14.8.